The molecule has 100 valence electrons. The molecule has 17 heavy (non-hydrogen) atoms. The van der Waals surface area contributed by atoms with Crippen LogP contribution in [0.2, 0.25) is 0 Å². The molecule has 0 saturated heterocycles. The Bertz CT molecular complexity index is 228. The van der Waals surface area contributed by atoms with E-state index in [9.17, 15) is 9.59 Å². The third-order valence-electron chi connectivity index (χ3n) is 1.62. The van der Waals surface area contributed by atoms with Crippen LogP contribution in [0, 0.1) is 0 Å². The van der Waals surface area contributed by atoms with Gasteiger partial charge in [0.15, 0.2) is 6.10 Å². The van der Waals surface area contributed by atoms with Crippen molar-refractivity contribution in [2.24, 2.45) is 0 Å². The van der Waals surface area contributed by atoms with Crippen molar-refractivity contribution in [2.75, 3.05) is 26.6 Å². The molecule has 0 rings (SSSR count). The van der Waals surface area contributed by atoms with E-state index in [1.54, 1.807) is 0 Å². The molecule has 1 atom stereocenters. The smallest absolute Gasteiger partial charge is 0.303 e. The topological polar surface area (TPSA) is 71.1 Å². The fourth-order valence-electron chi connectivity index (χ4n) is 1.00. The molecular formula is C11H20O6. The molecule has 0 aromatic heterocycles. The van der Waals surface area contributed by atoms with Crippen LogP contribution in [0.15, 0.2) is 0 Å². The van der Waals surface area contributed by atoms with Crippen LogP contribution in [0.5, 0.6) is 0 Å². The first kappa shape index (κ1) is 15.9. The van der Waals surface area contributed by atoms with Crippen molar-refractivity contribution in [1.29, 1.82) is 0 Å². The summed E-state index contributed by atoms with van der Waals surface area (Å²) in [6.07, 6.45) is 0.311. The normalized spacial score (nSPS) is 11.9. The summed E-state index contributed by atoms with van der Waals surface area (Å²) < 4.78 is 19.9. The Morgan fingerprint density at radius 2 is 1.76 bits per heavy atom. The lowest BCUT2D eigenvalue weighted by atomic mass is 10.4. The van der Waals surface area contributed by atoms with Crippen LogP contribution in [-0.2, 0) is 28.5 Å². The molecule has 0 aliphatic carbocycles. The van der Waals surface area contributed by atoms with Gasteiger partial charge in [-0.05, 0) is 6.42 Å². The van der Waals surface area contributed by atoms with Crippen LogP contribution in [0.3, 0.4) is 0 Å². The van der Waals surface area contributed by atoms with Crippen molar-refractivity contribution in [1.82, 2.24) is 0 Å². The maximum atomic E-state index is 10.8. The van der Waals surface area contributed by atoms with E-state index in [2.05, 4.69) is 0 Å². The summed E-state index contributed by atoms with van der Waals surface area (Å²) in [5.41, 5.74) is 0. The minimum Gasteiger partial charge on any atom is -0.462 e. The lowest BCUT2D eigenvalue weighted by Crippen LogP contribution is -2.29. The number of rotatable bonds is 9. The average molecular weight is 248 g/mol. The number of esters is 2. The molecule has 0 aromatic carbocycles. The van der Waals surface area contributed by atoms with E-state index in [1.807, 2.05) is 6.92 Å². The number of carbonyl (C=O) groups is 2. The maximum Gasteiger partial charge on any atom is 0.303 e. The van der Waals surface area contributed by atoms with E-state index in [1.165, 1.54) is 13.8 Å². The second-order valence-electron chi connectivity index (χ2n) is 3.43. The van der Waals surface area contributed by atoms with Crippen LogP contribution < -0.4 is 0 Å². The van der Waals surface area contributed by atoms with E-state index < -0.39 is 18.0 Å². The third-order valence-corrected chi connectivity index (χ3v) is 1.62. The van der Waals surface area contributed by atoms with Gasteiger partial charge in [-0.25, -0.2) is 0 Å². The lowest BCUT2D eigenvalue weighted by Gasteiger charge is -2.16. The van der Waals surface area contributed by atoms with Gasteiger partial charge in [0.1, 0.15) is 13.4 Å². The Labute approximate surface area is 101 Å². The third kappa shape index (κ3) is 11.1. The summed E-state index contributed by atoms with van der Waals surface area (Å²) in [5, 5.41) is 0. The molecule has 0 radical (unpaired) electrons. The summed E-state index contributed by atoms with van der Waals surface area (Å²) in [6, 6.07) is 0. The molecule has 0 bridgehead atoms. The van der Waals surface area contributed by atoms with Gasteiger partial charge in [0.25, 0.3) is 0 Å². The fourth-order valence-corrected chi connectivity index (χ4v) is 1.00. The monoisotopic (exact) mass is 248 g/mol. The summed E-state index contributed by atoms with van der Waals surface area (Å²) in [4.78, 5) is 21.4. The first-order chi connectivity index (χ1) is 8.06. The van der Waals surface area contributed by atoms with Crippen molar-refractivity contribution in [3.05, 3.63) is 0 Å². The first-order valence-electron chi connectivity index (χ1n) is 5.52. The highest BCUT2D eigenvalue weighted by molar-refractivity contribution is 5.67. The van der Waals surface area contributed by atoms with Gasteiger partial charge in [-0.3, -0.25) is 9.59 Å². The van der Waals surface area contributed by atoms with E-state index in [0.717, 1.165) is 6.42 Å². The van der Waals surface area contributed by atoms with E-state index >= 15 is 0 Å². The van der Waals surface area contributed by atoms with Crippen molar-refractivity contribution < 1.29 is 28.5 Å². The van der Waals surface area contributed by atoms with Crippen LogP contribution in [0.25, 0.3) is 0 Å². The summed E-state index contributed by atoms with van der Waals surface area (Å²) in [7, 11) is 0. The molecule has 6 heteroatoms. The van der Waals surface area contributed by atoms with Crippen molar-refractivity contribution >= 4 is 11.9 Å². The zero-order chi connectivity index (χ0) is 13.1. The molecule has 0 saturated carbocycles. The maximum absolute atomic E-state index is 10.8. The van der Waals surface area contributed by atoms with Gasteiger partial charge in [0.05, 0.1) is 6.61 Å². The molecule has 0 amide bonds. The summed E-state index contributed by atoms with van der Waals surface area (Å²) >= 11 is 0. The number of ether oxygens (including phenoxy) is 4. The zero-order valence-electron chi connectivity index (χ0n) is 10.6. The Balaban J connectivity index is 3.76. The van der Waals surface area contributed by atoms with E-state index in [4.69, 9.17) is 18.9 Å². The lowest BCUT2D eigenvalue weighted by molar-refractivity contribution is -0.163. The van der Waals surface area contributed by atoms with Gasteiger partial charge in [-0.2, -0.15) is 0 Å². The highest BCUT2D eigenvalue weighted by Crippen LogP contribution is 1.97. The van der Waals surface area contributed by atoms with Crippen LogP contribution in [-0.4, -0.2) is 44.7 Å². The molecule has 0 fully saturated rings. The molecule has 0 aliphatic rings. The van der Waals surface area contributed by atoms with Gasteiger partial charge in [0, 0.05) is 20.5 Å². The summed E-state index contributed by atoms with van der Waals surface area (Å²) in [6.45, 7) is 5.43. The number of hydrogen-bond donors (Lipinski definition) is 0. The molecule has 0 N–H and O–H groups in total. The van der Waals surface area contributed by atoms with Crippen molar-refractivity contribution in [3.63, 3.8) is 0 Å². The second-order valence-corrected chi connectivity index (χ2v) is 3.43. The van der Waals surface area contributed by atoms with Gasteiger partial charge in [0.2, 0.25) is 0 Å². The van der Waals surface area contributed by atoms with E-state index in [0.29, 0.717) is 6.61 Å². The highest BCUT2D eigenvalue weighted by Gasteiger charge is 2.14. The molecule has 6 nitrogen and oxygen atoms in total. The van der Waals surface area contributed by atoms with Gasteiger partial charge >= 0.3 is 11.9 Å². The molecule has 1 unspecified atom stereocenters. The highest BCUT2D eigenvalue weighted by atomic mass is 16.7. The van der Waals surface area contributed by atoms with E-state index in [-0.39, 0.29) is 20.0 Å². The Morgan fingerprint density at radius 1 is 1.06 bits per heavy atom. The quantitative estimate of drug-likeness (QED) is 0.343. The molecule has 0 aliphatic heterocycles. The van der Waals surface area contributed by atoms with Gasteiger partial charge in [-0.15, -0.1) is 0 Å². The molecule has 0 spiro atoms. The zero-order valence-corrected chi connectivity index (χ0v) is 10.6. The number of carbonyl (C=O) groups excluding carboxylic acids is 2. The Morgan fingerprint density at radius 3 is 2.29 bits per heavy atom. The Kier molecular flexibility index (Phi) is 9.37. The molecular weight excluding hydrogens is 228 g/mol. The standard InChI is InChI=1S/C11H20O6/c1-4-5-14-8-15-6-11(17-10(3)13)7-16-9(2)12/h11H,4-8H2,1-3H3. The van der Waals surface area contributed by atoms with Gasteiger partial charge < -0.3 is 18.9 Å². The van der Waals surface area contributed by atoms with Crippen LogP contribution in [0.4, 0.5) is 0 Å². The van der Waals surface area contributed by atoms with Crippen molar-refractivity contribution in [3.8, 4) is 0 Å². The Hall–Kier alpha value is -1.14. The van der Waals surface area contributed by atoms with Crippen LogP contribution in [0.1, 0.15) is 27.2 Å². The fraction of sp³-hybridized carbons (Fsp3) is 0.818. The van der Waals surface area contributed by atoms with Crippen LogP contribution >= 0.6 is 0 Å². The number of hydrogen-bond acceptors (Lipinski definition) is 6. The molecule has 0 heterocycles. The second kappa shape index (κ2) is 10.0. The minimum absolute atomic E-state index is 0.0112. The SMILES string of the molecule is CCCOCOCC(COC(C)=O)OC(C)=O. The average Bonchev–Trinajstić information content (AvgIpc) is 2.24. The predicted molar refractivity (Wildman–Crippen MR) is 59.2 cm³/mol. The first-order valence-corrected chi connectivity index (χ1v) is 5.52. The predicted octanol–water partition coefficient (Wildman–Crippen LogP) is 0.882. The van der Waals surface area contributed by atoms with Gasteiger partial charge in [-0.1, -0.05) is 6.92 Å². The minimum atomic E-state index is -0.596. The summed E-state index contributed by atoms with van der Waals surface area (Å²) in [5.74, 6) is -0.871. The molecule has 0 aromatic rings. The van der Waals surface area contributed by atoms with Crippen molar-refractivity contribution in [2.45, 2.75) is 33.3 Å². The largest absolute Gasteiger partial charge is 0.462 e.